The maximum Gasteiger partial charge on any atom is 0.303 e. The van der Waals surface area contributed by atoms with Crippen molar-refractivity contribution in [2.24, 2.45) is 0 Å². The summed E-state index contributed by atoms with van der Waals surface area (Å²) in [6, 6.07) is 7.05. The first-order valence-corrected chi connectivity index (χ1v) is 9.61. The number of rotatable bonds is 7. The van der Waals surface area contributed by atoms with Crippen molar-refractivity contribution in [3.05, 3.63) is 29.8 Å². The van der Waals surface area contributed by atoms with Gasteiger partial charge in [-0.3, -0.25) is 19.2 Å². The van der Waals surface area contributed by atoms with E-state index < -0.39 is 54.6 Å². The van der Waals surface area contributed by atoms with Gasteiger partial charge in [0.2, 0.25) is 12.4 Å². The second-order valence-electron chi connectivity index (χ2n) is 6.95. The third-order valence-corrected chi connectivity index (χ3v) is 4.28. The summed E-state index contributed by atoms with van der Waals surface area (Å²) in [4.78, 5) is 46.6. The van der Waals surface area contributed by atoms with Crippen LogP contribution >= 0.6 is 0 Å². The molecule has 10 nitrogen and oxygen atoms in total. The van der Waals surface area contributed by atoms with E-state index in [9.17, 15) is 19.2 Å². The molecule has 0 bridgehead atoms. The van der Waals surface area contributed by atoms with Crippen LogP contribution in [-0.2, 0) is 42.9 Å². The predicted octanol–water partition coefficient (Wildman–Crippen LogP) is 1.46. The molecule has 1 heterocycles. The van der Waals surface area contributed by atoms with E-state index in [1.54, 1.807) is 25.1 Å². The number of hydrogen-bond donors (Lipinski definition) is 0. The molecule has 1 aromatic carbocycles. The van der Waals surface area contributed by atoms with E-state index in [1.165, 1.54) is 13.8 Å². The number of esters is 4. The van der Waals surface area contributed by atoms with Gasteiger partial charge < -0.3 is 28.4 Å². The first kappa shape index (κ1) is 24.1. The molecule has 0 amide bonds. The number of para-hydroxylation sites is 1. The van der Waals surface area contributed by atoms with Crippen LogP contribution in [0, 0.1) is 6.92 Å². The molecule has 0 saturated carbocycles. The third kappa shape index (κ3) is 6.95. The summed E-state index contributed by atoms with van der Waals surface area (Å²) >= 11 is 0. The van der Waals surface area contributed by atoms with E-state index in [2.05, 4.69) is 0 Å². The van der Waals surface area contributed by atoms with Gasteiger partial charge in [0, 0.05) is 27.7 Å². The molecule has 1 aliphatic rings. The molecule has 1 aromatic rings. The van der Waals surface area contributed by atoms with Crippen molar-refractivity contribution in [2.45, 2.75) is 65.3 Å². The Balaban J connectivity index is 2.46. The van der Waals surface area contributed by atoms with Crippen LogP contribution in [0.25, 0.3) is 0 Å². The Morgan fingerprint density at radius 2 is 1.35 bits per heavy atom. The molecule has 0 spiro atoms. The molecule has 5 atom stereocenters. The predicted molar refractivity (Wildman–Crippen MR) is 104 cm³/mol. The number of carbonyl (C=O) groups is 4. The van der Waals surface area contributed by atoms with Gasteiger partial charge in [0.05, 0.1) is 0 Å². The Kier molecular flexibility index (Phi) is 8.38. The number of hydrogen-bond acceptors (Lipinski definition) is 10. The van der Waals surface area contributed by atoms with Crippen molar-refractivity contribution in [2.75, 3.05) is 6.61 Å². The monoisotopic (exact) mass is 438 g/mol. The van der Waals surface area contributed by atoms with Gasteiger partial charge in [-0.15, -0.1) is 0 Å². The molecule has 1 saturated heterocycles. The summed E-state index contributed by atoms with van der Waals surface area (Å²) in [6.07, 6.45) is -6.06. The van der Waals surface area contributed by atoms with Crippen molar-refractivity contribution >= 4 is 23.9 Å². The zero-order valence-corrected chi connectivity index (χ0v) is 18.0. The number of ether oxygens (including phenoxy) is 6. The van der Waals surface area contributed by atoms with Crippen molar-refractivity contribution in [3.8, 4) is 5.75 Å². The molecule has 10 heteroatoms. The summed E-state index contributed by atoms with van der Waals surface area (Å²) in [5.41, 5.74) is 0.773. The van der Waals surface area contributed by atoms with Crippen molar-refractivity contribution in [3.63, 3.8) is 0 Å². The van der Waals surface area contributed by atoms with Gasteiger partial charge in [-0.25, -0.2) is 0 Å². The van der Waals surface area contributed by atoms with Crippen molar-refractivity contribution in [1.29, 1.82) is 0 Å². The van der Waals surface area contributed by atoms with Gasteiger partial charge in [0.25, 0.3) is 0 Å². The highest BCUT2D eigenvalue weighted by Gasteiger charge is 2.53. The Morgan fingerprint density at radius 3 is 1.90 bits per heavy atom. The largest absolute Gasteiger partial charge is 0.463 e. The Morgan fingerprint density at radius 1 is 0.806 bits per heavy atom. The van der Waals surface area contributed by atoms with Gasteiger partial charge in [0.15, 0.2) is 12.2 Å². The first-order valence-electron chi connectivity index (χ1n) is 9.61. The zero-order valence-electron chi connectivity index (χ0n) is 18.0. The van der Waals surface area contributed by atoms with Crippen LogP contribution in [0.15, 0.2) is 24.3 Å². The highest BCUT2D eigenvalue weighted by molar-refractivity contribution is 5.68. The number of aryl methyl sites for hydroxylation is 1. The number of benzene rings is 1. The van der Waals surface area contributed by atoms with Gasteiger partial charge in [0.1, 0.15) is 18.5 Å². The highest BCUT2D eigenvalue weighted by atomic mass is 16.7. The van der Waals surface area contributed by atoms with Crippen LogP contribution in [0.2, 0.25) is 0 Å². The Labute approximate surface area is 179 Å². The molecule has 0 N–H and O–H groups in total. The summed E-state index contributed by atoms with van der Waals surface area (Å²) in [7, 11) is 0. The average Bonchev–Trinajstić information content (AvgIpc) is 2.65. The topological polar surface area (TPSA) is 124 Å². The molecular formula is C21H26O10. The fourth-order valence-corrected chi connectivity index (χ4v) is 3.10. The van der Waals surface area contributed by atoms with Gasteiger partial charge >= 0.3 is 23.9 Å². The minimum Gasteiger partial charge on any atom is -0.463 e. The molecule has 0 unspecified atom stereocenters. The Hall–Kier alpha value is -3.14. The summed E-state index contributed by atoms with van der Waals surface area (Å²) < 4.78 is 32.9. The molecule has 0 aromatic heterocycles. The quantitative estimate of drug-likeness (QED) is 0.456. The SMILES string of the molecule is CC(=O)OC[C@@H]1O[C@@H](Oc2ccccc2C)[C@@H](OC(C)=O)[C@H](OC(C)=O)[C@H]1OC(C)=O. The molecule has 1 fully saturated rings. The molecule has 2 rings (SSSR count). The lowest BCUT2D eigenvalue weighted by Crippen LogP contribution is -2.63. The second kappa shape index (κ2) is 10.8. The van der Waals surface area contributed by atoms with Crippen LogP contribution in [0.5, 0.6) is 5.75 Å². The molecule has 1 aliphatic heterocycles. The summed E-state index contributed by atoms with van der Waals surface area (Å²) in [6.45, 7) is 6.18. The van der Waals surface area contributed by atoms with Gasteiger partial charge in [-0.1, -0.05) is 18.2 Å². The molecule has 31 heavy (non-hydrogen) atoms. The van der Waals surface area contributed by atoms with Crippen molar-refractivity contribution < 1.29 is 47.6 Å². The van der Waals surface area contributed by atoms with E-state index in [4.69, 9.17) is 28.4 Å². The molecule has 0 aliphatic carbocycles. The lowest BCUT2D eigenvalue weighted by Gasteiger charge is -2.44. The van der Waals surface area contributed by atoms with E-state index >= 15 is 0 Å². The van der Waals surface area contributed by atoms with Gasteiger partial charge in [-0.05, 0) is 18.6 Å². The first-order chi connectivity index (χ1) is 14.6. The lowest BCUT2D eigenvalue weighted by molar-refractivity contribution is -0.288. The van der Waals surface area contributed by atoms with Crippen LogP contribution in [0.1, 0.15) is 33.3 Å². The minimum absolute atomic E-state index is 0.314. The second-order valence-corrected chi connectivity index (χ2v) is 6.95. The summed E-state index contributed by atoms with van der Waals surface area (Å²) in [5.74, 6) is -2.25. The zero-order chi connectivity index (χ0) is 23.1. The van der Waals surface area contributed by atoms with E-state index in [0.29, 0.717) is 5.75 Å². The van der Waals surface area contributed by atoms with Gasteiger partial charge in [-0.2, -0.15) is 0 Å². The molecule has 0 radical (unpaired) electrons. The van der Waals surface area contributed by atoms with Crippen LogP contribution in [-0.4, -0.2) is 61.2 Å². The van der Waals surface area contributed by atoms with Crippen LogP contribution < -0.4 is 4.74 Å². The fraction of sp³-hybridized carbons (Fsp3) is 0.524. The summed E-state index contributed by atoms with van der Waals surface area (Å²) in [5, 5.41) is 0. The third-order valence-electron chi connectivity index (χ3n) is 4.28. The molecular weight excluding hydrogens is 412 g/mol. The lowest BCUT2D eigenvalue weighted by atomic mass is 9.98. The van der Waals surface area contributed by atoms with E-state index in [1.807, 2.05) is 6.07 Å². The standard InChI is InChI=1S/C21H26O10/c1-11-8-6-7-9-16(11)30-21-20(29-15(5)25)19(28-14(4)24)18(27-13(3)23)17(31-21)10-26-12(2)22/h6-9,17-21H,10H2,1-5H3/t17-,18-,19+,20-,21+/m0/s1. The smallest absolute Gasteiger partial charge is 0.303 e. The van der Waals surface area contributed by atoms with Crippen molar-refractivity contribution in [1.82, 2.24) is 0 Å². The van der Waals surface area contributed by atoms with Crippen LogP contribution in [0.3, 0.4) is 0 Å². The fourth-order valence-electron chi connectivity index (χ4n) is 3.10. The highest BCUT2D eigenvalue weighted by Crippen LogP contribution is 2.31. The Bertz CT molecular complexity index is 820. The number of carbonyl (C=O) groups excluding carboxylic acids is 4. The van der Waals surface area contributed by atoms with E-state index in [-0.39, 0.29) is 6.61 Å². The maximum absolute atomic E-state index is 11.8. The van der Waals surface area contributed by atoms with E-state index in [0.717, 1.165) is 19.4 Å². The normalized spacial score (nSPS) is 25.1. The maximum atomic E-state index is 11.8. The van der Waals surface area contributed by atoms with Crippen LogP contribution in [0.4, 0.5) is 0 Å². The minimum atomic E-state index is -1.27. The average molecular weight is 438 g/mol. The molecule has 170 valence electrons.